The maximum atomic E-state index is 6.08. The average Bonchev–Trinajstić information content (AvgIpc) is 2.69. The summed E-state index contributed by atoms with van der Waals surface area (Å²) in [5.74, 6) is 1.14. The van der Waals surface area contributed by atoms with E-state index < -0.39 is 0 Å². The molecule has 0 aliphatic heterocycles. The molecule has 0 saturated carbocycles. The summed E-state index contributed by atoms with van der Waals surface area (Å²) in [6, 6.07) is 5.33. The SMILES string of the molecule is CC(N)Cc1nc(Cc2ccc(Cl)cc2Cl)no1. The fourth-order valence-electron chi connectivity index (χ4n) is 1.56. The molecule has 1 aromatic carbocycles. The van der Waals surface area contributed by atoms with Crippen LogP contribution in [-0.4, -0.2) is 16.2 Å². The third-order valence-electron chi connectivity index (χ3n) is 2.37. The van der Waals surface area contributed by atoms with Crippen LogP contribution in [0.2, 0.25) is 10.0 Å². The van der Waals surface area contributed by atoms with Crippen molar-refractivity contribution in [1.29, 1.82) is 0 Å². The van der Waals surface area contributed by atoms with E-state index in [1.807, 2.05) is 13.0 Å². The Balaban J connectivity index is 2.11. The number of rotatable bonds is 4. The minimum atomic E-state index is -0.00239. The van der Waals surface area contributed by atoms with E-state index in [9.17, 15) is 0 Å². The van der Waals surface area contributed by atoms with Crippen LogP contribution in [0.15, 0.2) is 22.7 Å². The van der Waals surface area contributed by atoms with Crippen molar-refractivity contribution >= 4 is 23.2 Å². The van der Waals surface area contributed by atoms with E-state index in [-0.39, 0.29) is 6.04 Å². The standard InChI is InChI=1S/C12H13Cl2N3O/c1-7(15)4-12-16-11(17-18-12)5-8-2-3-9(13)6-10(8)14/h2-3,6-7H,4-5,15H2,1H3. The number of hydrogen-bond donors (Lipinski definition) is 1. The zero-order valence-corrected chi connectivity index (χ0v) is 11.4. The van der Waals surface area contributed by atoms with Crippen LogP contribution >= 0.6 is 23.2 Å². The van der Waals surface area contributed by atoms with Gasteiger partial charge in [0.1, 0.15) is 0 Å². The molecule has 1 heterocycles. The van der Waals surface area contributed by atoms with Gasteiger partial charge in [-0.3, -0.25) is 0 Å². The average molecular weight is 286 g/mol. The normalized spacial score (nSPS) is 12.7. The molecule has 2 rings (SSSR count). The first-order valence-corrected chi connectivity index (χ1v) is 6.31. The lowest BCUT2D eigenvalue weighted by Gasteiger charge is -2.01. The van der Waals surface area contributed by atoms with Crippen molar-refractivity contribution in [3.63, 3.8) is 0 Å². The maximum Gasteiger partial charge on any atom is 0.228 e. The zero-order chi connectivity index (χ0) is 13.1. The monoisotopic (exact) mass is 285 g/mol. The van der Waals surface area contributed by atoms with Gasteiger partial charge in [-0.15, -0.1) is 0 Å². The zero-order valence-electron chi connectivity index (χ0n) is 9.86. The van der Waals surface area contributed by atoms with Gasteiger partial charge in [0, 0.05) is 28.9 Å². The second-order valence-electron chi connectivity index (χ2n) is 4.20. The smallest absolute Gasteiger partial charge is 0.228 e. The molecular formula is C12H13Cl2N3O. The minimum Gasteiger partial charge on any atom is -0.339 e. The maximum absolute atomic E-state index is 6.08. The second kappa shape index (κ2) is 5.69. The Morgan fingerprint density at radius 3 is 2.83 bits per heavy atom. The van der Waals surface area contributed by atoms with Crippen LogP contribution in [0.3, 0.4) is 0 Å². The number of hydrogen-bond acceptors (Lipinski definition) is 4. The first kappa shape index (κ1) is 13.3. The molecule has 0 fully saturated rings. The highest BCUT2D eigenvalue weighted by molar-refractivity contribution is 6.35. The van der Waals surface area contributed by atoms with Crippen molar-refractivity contribution in [3.05, 3.63) is 45.5 Å². The highest BCUT2D eigenvalue weighted by atomic mass is 35.5. The largest absolute Gasteiger partial charge is 0.339 e. The molecule has 0 aliphatic rings. The summed E-state index contributed by atoms with van der Waals surface area (Å²) in [5, 5.41) is 5.10. The summed E-state index contributed by atoms with van der Waals surface area (Å²) < 4.78 is 5.10. The minimum absolute atomic E-state index is 0.00239. The Morgan fingerprint density at radius 1 is 1.39 bits per heavy atom. The summed E-state index contributed by atoms with van der Waals surface area (Å²) in [6.07, 6.45) is 1.08. The number of nitrogens with zero attached hydrogens (tertiary/aromatic N) is 2. The third kappa shape index (κ3) is 3.45. The van der Waals surface area contributed by atoms with Crippen LogP contribution in [0, 0.1) is 0 Å². The number of halogens is 2. The molecule has 0 saturated heterocycles. The lowest BCUT2D eigenvalue weighted by Crippen LogP contribution is -2.17. The molecule has 0 radical (unpaired) electrons. The molecule has 2 aromatic rings. The fourth-order valence-corrected chi connectivity index (χ4v) is 2.03. The molecule has 1 aromatic heterocycles. The predicted octanol–water partition coefficient (Wildman–Crippen LogP) is 2.86. The second-order valence-corrected chi connectivity index (χ2v) is 5.04. The van der Waals surface area contributed by atoms with Gasteiger partial charge in [-0.1, -0.05) is 34.4 Å². The summed E-state index contributed by atoms with van der Waals surface area (Å²) in [4.78, 5) is 4.26. The molecule has 2 N–H and O–H groups in total. The van der Waals surface area contributed by atoms with E-state index in [0.29, 0.717) is 34.6 Å². The van der Waals surface area contributed by atoms with Crippen LogP contribution in [0.25, 0.3) is 0 Å². The van der Waals surface area contributed by atoms with E-state index in [1.165, 1.54) is 0 Å². The summed E-state index contributed by atoms with van der Waals surface area (Å²) in [6.45, 7) is 1.89. The Labute approximate surface area is 115 Å². The fraction of sp³-hybridized carbons (Fsp3) is 0.333. The van der Waals surface area contributed by atoms with Gasteiger partial charge < -0.3 is 10.3 Å². The van der Waals surface area contributed by atoms with Gasteiger partial charge in [-0.2, -0.15) is 4.98 Å². The van der Waals surface area contributed by atoms with Crippen molar-refractivity contribution < 1.29 is 4.52 Å². The Hall–Kier alpha value is -1.10. The van der Waals surface area contributed by atoms with Crippen molar-refractivity contribution in [1.82, 2.24) is 10.1 Å². The molecule has 96 valence electrons. The highest BCUT2D eigenvalue weighted by Crippen LogP contribution is 2.22. The molecule has 0 spiro atoms. The van der Waals surface area contributed by atoms with E-state index in [1.54, 1.807) is 12.1 Å². The van der Waals surface area contributed by atoms with Crippen LogP contribution in [0.1, 0.15) is 24.2 Å². The molecular weight excluding hydrogens is 273 g/mol. The Bertz CT molecular complexity index is 540. The van der Waals surface area contributed by atoms with Gasteiger partial charge in [0.05, 0.1) is 0 Å². The van der Waals surface area contributed by atoms with Gasteiger partial charge in [-0.05, 0) is 24.6 Å². The topological polar surface area (TPSA) is 64.9 Å². The van der Waals surface area contributed by atoms with Crippen molar-refractivity contribution in [2.75, 3.05) is 0 Å². The van der Waals surface area contributed by atoms with Gasteiger partial charge in [0.25, 0.3) is 0 Å². The number of aromatic nitrogens is 2. The highest BCUT2D eigenvalue weighted by Gasteiger charge is 2.10. The quantitative estimate of drug-likeness (QED) is 0.938. The number of benzene rings is 1. The number of nitrogens with two attached hydrogens (primary N) is 1. The Kier molecular flexibility index (Phi) is 4.22. The first-order chi connectivity index (χ1) is 8.54. The molecule has 0 amide bonds. The molecule has 0 bridgehead atoms. The molecule has 1 unspecified atom stereocenters. The summed E-state index contributed by atoms with van der Waals surface area (Å²) >= 11 is 11.9. The molecule has 0 aliphatic carbocycles. The van der Waals surface area contributed by atoms with Crippen LogP contribution in [0.4, 0.5) is 0 Å². The van der Waals surface area contributed by atoms with Gasteiger partial charge in [0.15, 0.2) is 5.82 Å². The van der Waals surface area contributed by atoms with Crippen LogP contribution < -0.4 is 5.73 Å². The lowest BCUT2D eigenvalue weighted by molar-refractivity contribution is 0.367. The van der Waals surface area contributed by atoms with E-state index in [0.717, 1.165) is 5.56 Å². The molecule has 18 heavy (non-hydrogen) atoms. The van der Waals surface area contributed by atoms with Crippen LogP contribution in [0.5, 0.6) is 0 Å². The van der Waals surface area contributed by atoms with Crippen LogP contribution in [-0.2, 0) is 12.8 Å². The van der Waals surface area contributed by atoms with Gasteiger partial charge in [0.2, 0.25) is 5.89 Å². The summed E-state index contributed by atoms with van der Waals surface area (Å²) in [5.41, 5.74) is 6.57. The van der Waals surface area contributed by atoms with E-state index >= 15 is 0 Å². The third-order valence-corrected chi connectivity index (χ3v) is 2.96. The van der Waals surface area contributed by atoms with Crippen molar-refractivity contribution in [2.24, 2.45) is 5.73 Å². The molecule has 6 heteroatoms. The van der Waals surface area contributed by atoms with E-state index in [2.05, 4.69) is 10.1 Å². The van der Waals surface area contributed by atoms with Gasteiger partial charge >= 0.3 is 0 Å². The lowest BCUT2D eigenvalue weighted by atomic mass is 10.1. The van der Waals surface area contributed by atoms with Crippen molar-refractivity contribution in [3.8, 4) is 0 Å². The van der Waals surface area contributed by atoms with Crippen molar-refractivity contribution in [2.45, 2.75) is 25.8 Å². The van der Waals surface area contributed by atoms with Gasteiger partial charge in [-0.25, -0.2) is 0 Å². The van der Waals surface area contributed by atoms with E-state index in [4.69, 9.17) is 33.5 Å². The molecule has 4 nitrogen and oxygen atoms in total. The first-order valence-electron chi connectivity index (χ1n) is 5.55. The Morgan fingerprint density at radius 2 is 2.17 bits per heavy atom. The molecule has 1 atom stereocenters. The summed E-state index contributed by atoms with van der Waals surface area (Å²) in [7, 11) is 0. The predicted molar refractivity (Wildman–Crippen MR) is 70.9 cm³/mol.